The van der Waals surface area contributed by atoms with Gasteiger partial charge in [0.05, 0.1) is 17.1 Å². The summed E-state index contributed by atoms with van der Waals surface area (Å²) >= 11 is 0. The molecule has 8 heteroatoms. The number of nitrogens with one attached hydrogen (secondary N) is 1. The standard InChI is InChI=1S/C18H26N4O3S/c1-12(2)17(26(24,25)15-7-5-4-6-8-15)18(23)20-14-9-10-16-19-13(3)21-22(16)11-14/h9-12,15,17H,4-8H2,1-3H3,(H,20,23). The first kappa shape index (κ1) is 18.8. The van der Waals surface area contributed by atoms with Crippen LogP contribution in [0.1, 0.15) is 51.8 Å². The first-order valence-corrected chi connectivity index (χ1v) is 10.8. The van der Waals surface area contributed by atoms with Crippen LogP contribution in [-0.4, -0.2) is 39.4 Å². The van der Waals surface area contributed by atoms with Crippen LogP contribution in [0, 0.1) is 12.8 Å². The van der Waals surface area contributed by atoms with E-state index in [1.807, 2.05) is 0 Å². The summed E-state index contributed by atoms with van der Waals surface area (Å²) in [7, 11) is -3.53. The molecule has 142 valence electrons. The number of carbonyl (C=O) groups excluding carboxylic acids is 1. The third-order valence-corrected chi connectivity index (χ3v) is 7.81. The van der Waals surface area contributed by atoms with Gasteiger partial charge in [-0.25, -0.2) is 17.9 Å². The number of nitrogens with zero attached hydrogens (tertiary/aromatic N) is 3. The van der Waals surface area contributed by atoms with Gasteiger partial charge in [0.2, 0.25) is 5.91 Å². The minimum absolute atomic E-state index is 0.292. The third kappa shape index (κ3) is 3.75. The van der Waals surface area contributed by atoms with Crippen molar-refractivity contribution in [2.75, 3.05) is 5.32 Å². The molecule has 0 aromatic carbocycles. The lowest BCUT2D eigenvalue weighted by molar-refractivity contribution is -0.116. The lowest BCUT2D eigenvalue weighted by atomic mass is 10.0. The van der Waals surface area contributed by atoms with Gasteiger partial charge in [-0.05, 0) is 37.8 Å². The third-order valence-electron chi connectivity index (χ3n) is 4.94. The van der Waals surface area contributed by atoms with Gasteiger partial charge in [0.1, 0.15) is 11.1 Å². The Balaban J connectivity index is 1.83. The number of aryl methyl sites for hydroxylation is 1. The van der Waals surface area contributed by atoms with E-state index in [1.165, 1.54) is 0 Å². The first-order valence-electron chi connectivity index (χ1n) is 9.15. The molecule has 1 aliphatic rings. The van der Waals surface area contributed by atoms with E-state index >= 15 is 0 Å². The summed E-state index contributed by atoms with van der Waals surface area (Å²) in [5.74, 6) is -0.130. The van der Waals surface area contributed by atoms with Crippen LogP contribution in [0.25, 0.3) is 5.65 Å². The maximum absolute atomic E-state index is 13.1. The highest BCUT2D eigenvalue weighted by molar-refractivity contribution is 7.93. The Hall–Kier alpha value is -1.96. The maximum atomic E-state index is 13.1. The number of pyridine rings is 1. The van der Waals surface area contributed by atoms with Gasteiger partial charge in [0, 0.05) is 0 Å². The van der Waals surface area contributed by atoms with E-state index in [2.05, 4.69) is 15.4 Å². The summed E-state index contributed by atoms with van der Waals surface area (Å²) in [5.41, 5.74) is 1.19. The number of hydrogen-bond acceptors (Lipinski definition) is 5. The number of fused-ring (bicyclic) bond motifs is 1. The van der Waals surface area contributed by atoms with E-state index in [1.54, 1.807) is 43.6 Å². The number of rotatable bonds is 5. The molecule has 26 heavy (non-hydrogen) atoms. The van der Waals surface area contributed by atoms with E-state index < -0.39 is 26.2 Å². The molecule has 0 spiro atoms. The van der Waals surface area contributed by atoms with E-state index in [0.717, 1.165) is 19.3 Å². The van der Waals surface area contributed by atoms with Crippen LogP contribution in [0.15, 0.2) is 18.3 Å². The number of amides is 1. The van der Waals surface area contributed by atoms with Crippen LogP contribution >= 0.6 is 0 Å². The van der Waals surface area contributed by atoms with Gasteiger partial charge in [-0.2, -0.15) is 5.10 Å². The van der Waals surface area contributed by atoms with Gasteiger partial charge >= 0.3 is 0 Å². The highest BCUT2D eigenvalue weighted by Gasteiger charge is 2.41. The molecule has 2 aromatic heterocycles. The van der Waals surface area contributed by atoms with Crippen LogP contribution in [-0.2, 0) is 14.6 Å². The Kier molecular flexibility index (Phi) is 5.32. The monoisotopic (exact) mass is 378 g/mol. The smallest absolute Gasteiger partial charge is 0.243 e. The zero-order valence-electron chi connectivity index (χ0n) is 15.5. The van der Waals surface area contributed by atoms with E-state index in [4.69, 9.17) is 0 Å². The predicted octanol–water partition coefficient (Wildman–Crippen LogP) is 2.75. The van der Waals surface area contributed by atoms with Crippen molar-refractivity contribution < 1.29 is 13.2 Å². The summed E-state index contributed by atoms with van der Waals surface area (Å²) in [5, 5.41) is 5.53. The van der Waals surface area contributed by atoms with Crippen molar-refractivity contribution in [2.45, 2.75) is 63.4 Å². The largest absolute Gasteiger partial charge is 0.324 e. The highest BCUT2D eigenvalue weighted by Crippen LogP contribution is 2.29. The fraction of sp³-hybridized carbons (Fsp3) is 0.611. The van der Waals surface area contributed by atoms with Crippen molar-refractivity contribution in [1.29, 1.82) is 0 Å². The van der Waals surface area contributed by atoms with Crippen molar-refractivity contribution in [3.8, 4) is 0 Å². The van der Waals surface area contributed by atoms with E-state index in [9.17, 15) is 13.2 Å². The van der Waals surface area contributed by atoms with Gasteiger partial charge < -0.3 is 5.32 Å². The lowest BCUT2D eigenvalue weighted by Gasteiger charge is -2.28. The van der Waals surface area contributed by atoms with Crippen molar-refractivity contribution >= 4 is 27.1 Å². The molecule has 2 heterocycles. The Morgan fingerprint density at radius 3 is 2.58 bits per heavy atom. The SMILES string of the molecule is Cc1nc2ccc(NC(=O)C(C(C)C)S(=O)(=O)C3CCCCC3)cn2n1. The van der Waals surface area contributed by atoms with Gasteiger partial charge in [0.25, 0.3) is 0 Å². The molecule has 1 N–H and O–H groups in total. The average molecular weight is 378 g/mol. The Morgan fingerprint density at radius 1 is 1.23 bits per heavy atom. The van der Waals surface area contributed by atoms with Crippen LogP contribution in [0.4, 0.5) is 5.69 Å². The van der Waals surface area contributed by atoms with Crippen LogP contribution in [0.2, 0.25) is 0 Å². The second kappa shape index (κ2) is 7.34. The van der Waals surface area contributed by atoms with Crippen LogP contribution in [0.3, 0.4) is 0 Å². The van der Waals surface area contributed by atoms with Gasteiger partial charge in [-0.3, -0.25) is 4.79 Å². The Bertz CT molecular complexity index is 898. The number of anilines is 1. The molecular formula is C18H26N4O3S. The Morgan fingerprint density at radius 2 is 1.92 bits per heavy atom. The summed E-state index contributed by atoms with van der Waals surface area (Å²) < 4.78 is 27.7. The zero-order chi connectivity index (χ0) is 18.9. The first-order chi connectivity index (χ1) is 12.3. The zero-order valence-corrected chi connectivity index (χ0v) is 16.3. The lowest BCUT2D eigenvalue weighted by Crippen LogP contribution is -2.44. The van der Waals surface area contributed by atoms with Crippen LogP contribution in [0.5, 0.6) is 0 Å². The molecule has 1 unspecified atom stereocenters. The van der Waals surface area contributed by atoms with Gasteiger partial charge in [-0.15, -0.1) is 0 Å². The van der Waals surface area contributed by atoms with Crippen LogP contribution < -0.4 is 5.32 Å². The second-order valence-corrected chi connectivity index (χ2v) is 9.74. The second-order valence-electron chi connectivity index (χ2n) is 7.38. The summed E-state index contributed by atoms with van der Waals surface area (Å²) in [6.45, 7) is 5.36. The fourth-order valence-electron chi connectivity index (χ4n) is 3.71. The molecule has 1 amide bonds. The molecule has 2 aromatic rings. The quantitative estimate of drug-likeness (QED) is 0.863. The van der Waals surface area contributed by atoms with E-state index in [0.29, 0.717) is 30.0 Å². The predicted molar refractivity (Wildman–Crippen MR) is 101 cm³/mol. The number of aromatic nitrogens is 3. The molecule has 3 rings (SSSR count). The molecule has 0 aliphatic heterocycles. The number of sulfone groups is 1. The average Bonchev–Trinajstić information content (AvgIpc) is 2.94. The summed E-state index contributed by atoms with van der Waals surface area (Å²) in [4.78, 5) is 17.1. The van der Waals surface area contributed by atoms with E-state index in [-0.39, 0.29) is 5.92 Å². The maximum Gasteiger partial charge on any atom is 0.243 e. The summed E-state index contributed by atoms with van der Waals surface area (Å²) in [6.07, 6.45) is 5.86. The van der Waals surface area contributed by atoms with Crippen molar-refractivity contribution in [1.82, 2.24) is 14.6 Å². The van der Waals surface area contributed by atoms with Crippen molar-refractivity contribution in [3.63, 3.8) is 0 Å². The Labute approximate surface area is 154 Å². The highest BCUT2D eigenvalue weighted by atomic mass is 32.2. The molecule has 0 bridgehead atoms. The number of carbonyl (C=O) groups is 1. The molecule has 0 radical (unpaired) electrons. The molecule has 1 saturated carbocycles. The fourth-order valence-corrected chi connectivity index (χ4v) is 6.23. The minimum Gasteiger partial charge on any atom is -0.324 e. The molecule has 0 saturated heterocycles. The minimum atomic E-state index is -3.53. The number of hydrogen-bond donors (Lipinski definition) is 1. The van der Waals surface area contributed by atoms with Gasteiger partial charge in [-0.1, -0.05) is 33.1 Å². The van der Waals surface area contributed by atoms with Crippen molar-refractivity contribution in [2.24, 2.45) is 5.92 Å². The van der Waals surface area contributed by atoms with Gasteiger partial charge in [0.15, 0.2) is 15.5 Å². The molecule has 1 aliphatic carbocycles. The molecule has 7 nitrogen and oxygen atoms in total. The molecule has 1 fully saturated rings. The topological polar surface area (TPSA) is 93.4 Å². The van der Waals surface area contributed by atoms with Crippen molar-refractivity contribution in [3.05, 3.63) is 24.2 Å². The normalized spacial score (nSPS) is 17.5. The molecule has 1 atom stereocenters. The summed E-state index contributed by atoms with van der Waals surface area (Å²) in [6, 6.07) is 3.46. The molecular weight excluding hydrogens is 352 g/mol.